The Morgan fingerprint density at radius 1 is 1.04 bits per heavy atom. The van der Waals surface area contributed by atoms with E-state index >= 15 is 0 Å². The fourth-order valence-corrected chi connectivity index (χ4v) is 3.33. The van der Waals surface area contributed by atoms with E-state index in [1.54, 1.807) is 21.9 Å². The largest absolute Gasteiger partial charge is 0.469 e. The monoisotopic (exact) mass is 373 g/mol. The molecule has 0 atom stereocenters. The summed E-state index contributed by atoms with van der Waals surface area (Å²) >= 11 is 0. The van der Waals surface area contributed by atoms with Gasteiger partial charge in [0.2, 0.25) is 11.8 Å². The molecule has 2 heterocycles. The third-order valence-corrected chi connectivity index (χ3v) is 4.94. The Kier molecular flexibility index (Phi) is 5.73. The van der Waals surface area contributed by atoms with Crippen molar-refractivity contribution in [3.8, 4) is 0 Å². The lowest BCUT2D eigenvalue weighted by Gasteiger charge is -2.35. The van der Waals surface area contributed by atoms with Crippen molar-refractivity contribution in [1.29, 1.82) is 0 Å². The van der Waals surface area contributed by atoms with E-state index in [0.29, 0.717) is 44.6 Å². The third-order valence-electron chi connectivity index (χ3n) is 4.94. The van der Waals surface area contributed by atoms with Crippen LogP contribution in [0.15, 0.2) is 18.2 Å². The van der Waals surface area contributed by atoms with E-state index < -0.39 is 5.97 Å². The van der Waals surface area contributed by atoms with Crippen LogP contribution >= 0.6 is 0 Å². The lowest BCUT2D eigenvalue weighted by molar-refractivity contribution is -0.144. The van der Waals surface area contributed by atoms with Gasteiger partial charge in [-0.05, 0) is 30.2 Å². The molecule has 0 bridgehead atoms. The highest BCUT2D eigenvalue weighted by atomic mass is 16.5. The van der Waals surface area contributed by atoms with Crippen molar-refractivity contribution < 1.29 is 23.9 Å². The van der Waals surface area contributed by atoms with Crippen LogP contribution in [0.4, 0.5) is 5.69 Å². The maximum Gasteiger partial charge on any atom is 0.306 e. The van der Waals surface area contributed by atoms with Crippen molar-refractivity contribution in [2.75, 3.05) is 38.6 Å². The lowest BCUT2D eigenvalue weighted by Crippen LogP contribution is -2.50. The van der Waals surface area contributed by atoms with Crippen LogP contribution < -0.4 is 5.32 Å². The molecule has 0 unspecified atom stereocenters. The molecule has 1 saturated heterocycles. The van der Waals surface area contributed by atoms with Gasteiger partial charge in [-0.1, -0.05) is 0 Å². The Morgan fingerprint density at radius 3 is 2.44 bits per heavy atom. The summed E-state index contributed by atoms with van der Waals surface area (Å²) in [5.74, 6) is -0.580. The molecule has 2 aliphatic heterocycles. The first-order chi connectivity index (χ1) is 13.0. The van der Waals surface area contributed by atoms with Gasteiger partial charge in [0, 0.05) is 50.3 Å². The Labute approximate surface area is 157 Å². The third kappa shape index (κ3) is 4.45. The molecule has 3 rings (SSSR count). The number of aryl methyl sites for hydroxylation is 1. The minimum Gasteiger partial charge on any atom is -0.469 e. The first-order valence-corrected chi connectivity index (χ1v) is 9.04. The average Bonchev–Trinajstić information content (AvgIpc) is 2.70. The molecule has 8 nitrogen and oxygen atoms in total. The highest BCUT2D eigenvalue weighted by molar-refractivity contribution is 5.98. The van der Waals surface area contributed by atoms with Crippen LogP contribution in [-0.2, 0) is 25.5 Å². The topological polar surface area (TPSA) is 96.0 Å². The van der Waals surface area contributed by atoms with E-state index in [1.807, 2.05) is 6.07 Å². The maximum absolute atomic E-state index is 12.8. The summed E-state index contributed by atoms with van der Waals surface area (Å²) in [6.07, 6.45) is 1.25. The predicted molar refractivity (Wildman–Crippen MR) is 97.1 cm³/mol. The van der Waals surface area contributed by atoms with E-state index in [9.17, 15) is 19.2 Å². The number of nitrogens with one attached hydrogen (secondary N) is 1. The number of hydrogen-bond acceptors (Lipinski definition) is 5. The standard InChI is InChI=1S/C19H23N3O5/c1-27-18(25)7-6-17(24)21-8-10-22(11-9-21)19(26)14-2-4-15-13(12-14)3-5-16(23)20-15/h2,4,12H,3,5-11H2,1H3,(H,20,23). The van der Waals surface area contributed by atoms with Crippen LogP contribution in [0.3, 0.4) is 0 Å². The second kappa shape index (κ2) is 8.20. The van der Waals surface area contributed by atoms with Crippen LogP contribution in [0.1, 0.15) is 35.2 Å². The predicted octanol–water partition coefficient (Wildman–Crippen LogP) is 0.809. The van der Waals surface area contributed by atoms with Gasteiger partial charge in [-0.25, -0.2) is 0 Å². The van der Waals surface area contributed by atoms with Crippen LogP contribution in [0.2, 0.25) is 0 Å². The molecule has 3 amide bonds. The number of benzene rings is 1. The average molecular weight is 373 g/mol. The number of nitrogens with zero attached hydrogens (tertiary/aromatic N) is 2. The Morgan fingerprint density at radius 2 is 1.74 bits per heavy atom. The van der Waals surface area contributed by atoms with Crippen molar-refractivity contribution in [3.05, 3.63) is 29.3 Å². The Balaban J connectivity index is 1.55. The molecule has 0 aromatic heterocycles. The van der Waals surface area contributed by atoms with Gasteiger partial charge in [-0.15, -0.1) is 0 Å². The minimum atomic E-state index is -0.402. The lowest BCUT2D eigenvalue weighted by atomic mass is 10.00. The number of carbonyl (C=O) groups is 4. The van der Waals surface area contributed by atoms with E-state index in [4.69, 9.17) is 0 Å². The molecule has 1 aromatic rings. The van der Waals surface area contributed by atoms with E-state index in [2.05, 4.69) is 10.1 Å². The SMILES string of the molecule is COC(=O)CCC(=O)N1CCN(C(=O)c2ccc3c(c2)CCC(=O)N3)CC1. The van der Waals surface area contributed by atoms with Crippen molar-refractivity contribution in [1.82, 2.24) is 9.80 Å². The maximum atomic E-state index is 12.8. The van der Waals surface area contributed by atoms with Gasteiger partial charge in [0.15, 0.2) is 0 Å². The Hall–Kier alpha value is -2.90. The van der Waals surface area contributed by atoms with Crippen LogP contribution in [0.25, 0.3) is 0 Å². The fourth-order valence-electron chi connectivity index (χ4n) is 3.33. The molecule has 1 fully saturated rings. The van der Waals surface area contributed by atoms with Gasteiger partial charge < -0.3 is 19.9 Å². The molecular weight excluding hydrogens is 350 g/mol. The van der Waals surface area contributed by atoms with Crippen molar-refractivity contribution in [2.45, 2.75) is 25.7 Å². The van der Waals surface area contributed by atoms with Crippen molar-refractivity contribution >= 4 is 29.4 Å². The second-order valence-corrected chi connectivity index (χ2v) is 6.67. The highest BCUT2D eigenvalue weighted by Crippen LogP contribution is 2.24. The van der Waals surface area contributed by atoms with Gasteiger partial charge in [0.05, 0.1) is 13.5 Å². The molecule has 8 heteroatoms. The highest BCUT2D eigenvalue weighted by Gasteiger charge is 2.26. The smallest absolute Gasteiger partial charge is 0.306 e. The summed E-state index contributed by atoms with van der Waals surface area (Å²) in [6, 6.07) is 5.33. The number of rotatable bonds is 4. The number of carbonyl (C=O) groups excluding carboxylic acids is 4. The quantitative estimate of drug-likeness (QED) is 0.788. The first-order valence-electron chi connectivity index (χ1n) is 9.04. The first kappa shape index (κ1) is 18.9. The summed E-state index contributed by atoms with van der Waals surface area (Å²) in [5.41, 5.74) is 2.33. The molecular formula is C19H23N3O5. The van der Waals surface area contributed by atoms with E-state index in [1.165, 1.54) is 7.11 Å². The summed E-state index contributed by atoms with van der Waals surface area (Å²) in [7, 11) is 1.30. The van der Waals surface area contributed by atoms with Crippen molar-refractivity contribution in [3.63, 3.8) is 0 Å². The number of hydrogen-bond donors (Lipinski definition) is 1. The molecule has 0 radical (unpaired) electrons. The number of methoxy groups -OCH3 is 1. The van der Waals surface area contributed by atoms with Crippen LogP contribution in [-0.4, -0.2) is 66.8 Å². The number of fused-ring (bicyclic) bond motifs is 1. The molecule has 1 aromatic carbocycles. The fraction of sp³-hybridized carbons (Fsp3) is 0.474. The zero-order valence-corrected chi connectivity index (χ0v) is 15.3. The van der Waals surface area contributed by atoms with Crippen LogP contribution in [0, 0.1) is 0 Å². The summed E-state index contributed by atoms with van der Waals surface area (Å²) in [4.78, 5) is 50.9. The number of piperazine rings is 1. The van der Waals surface area contributed by atoms with Crippen molar-refractivity contribution in [2.24, 2.45) is 0 Å². The molecule has 0 aliphatic carbocycles. The molecule has 2 aliphatic rings. The molecule has 1 N–H and O–H groups in total. The van der Waals surface area contributed by atoms with Gasteiger partial charge in [-0.3, -0.25) is 19.2 Å². The van der Waals surface area contributed by atoms with Gasteiger partial charge in [-0.2, -0.15) is 0 Å². The molecule has 27 heavy (non-hydrogen) atoms. The van der Waals surface area contributed by atoms with Gasteiger partial charge in [0.1, 0.15) is 0 Å². The number of esters is 1. The normalized spacial score (nSPS) is 16.4. The minimum absolute atomic E-state index is 0.00503. The summed E-state index contributed by atoms with van der Waals surface area (Å²) < 4.78 is 4.55. The molecule has 0 saturated carbocycles. The molecule has 144 valence electrons. The van der Waals surface area contributed by atoms with Crippen LogP contribution in [0.5, 0.6) is 0 Å². The summed E-state index contributed by atoms with van der Waals surface area (Å²) in [6.45, 7) is 1.81. The number of anilines is 1. The van der Waals surface area contributed by atoms with Gasteiger partial charge >= 0.3 is 5.97 Å². The zero-order chi connectivity index (χ0) is 19.4. The summed E-state index contributed by atoms with van der Waals surface area (Å²) in [5, 5.41) is 2.81. The Bertz CT molecular complexity index is 769. The number of ether oxygens (including phenoxy) is 1. The van der Waals surface area contributed by atoms with Gasteiger partial charge in [0.25, 0.3) is 5.91 Å². The van der Waals surface area contributed by atoms with E-state index in [0.717, 1.165) is 11.3 Å². The number of amides is 3. The second-order valence-electron chi connectivity index (χ2n) is 6.67. The van der Waals surface area contributed by atoms with E-state index in [-0.39, 0.29) is 30.6 Å². The zero-order valence-electron chi connectivity index (χ0n) is 15.3. The molecule has 0 spiro atoms.